The van der Waals surface area contributed by atoms with Crippen molar-refractivity contribution in [3.63, 3.8) is 0 Å². The maximum Gasteiger partial charge on any atom is 0.360 e. The average molecular weight is 223 g/mol. The number of fused-ring (bicyclic) bond motifs is 1. The van der Waals surface area contributed by atoms with Crippen LogP contribution in [0, 0.1) is 5.82 Å². The van der Waals surface area contributed by atoms with Gasteiger partial charge in [-0.05, 0) is 19.1 Å². The molecule has 0 saturated carbocycles. The van der Waals surface area contributed by atoms with E-state index in [2.05, 4.69) is 4.98 Å². The van der Waals surface area contributed by atoms with Gasteiger partial charge < -0.3 is 10.5 Å². The molecular formula is C10H10FN3O2. The Morgan fingerprint density at radius 2 is 2.44 bits per heavy atom. The van der Waals surface area contributed by atoms with Crippen molar-refractivity contribution in [1.29, 1.82) is 0 Å². The predicted octanol–water partition coefficient (Wildman–Crippen LogP) is 1.23. The van der Waals surface area contributed by atoms with Crippen LogP contribution in [0.2, 0.25) is 0 Å². The zero-order chi connectivity index (χ0) is 11.7. The lowest BCUT2D eigenvalue weighted by atomic mass is 10.4. The summed E-state index contributed by atoms with van der Waals surface area (Å²) in [4.78, 5) is 15.3. The predicted molar refractivity (Wildman–Crippen MR) is 55.5 cm³/mol. The van der Waals surface area contributed by atoms with Gasteiger partial charge in [-0.3, -0.25) is 4.40 Å². The van der Waals surface area contributed by atoms with Gasteiger partial charge in [-0.15, -0.1) is 0 Å². The molecule has 0 fully saturated rings. The third-order valence-electron chi connectivity index (χ3n) is 2.11. The molecule has 0 aliphatic heterocycles. The van der Waals surface area contributed by atoms with Crippen molar-refractivity contribution < 1.29 is 13.9 Å². The van der Waals surface area contributed by atoms with Crippen molar-refractivity contribution in [2.45, 2.75) is 6.92 Å². The molecule has 0 aliphatic carbocycles. The Hall–Kier alpha value is -2.11. The van der Waals surface area contributed by atoms with E-state index >= 15 is 0 Å². The number of pyridine rings is 1. The highest BCUT2D eigenvalue weighted by Gasteiger charge is 2.19. The molecule has 0 spiro atoms. The molecule has 84 valence electrons. The van der Waals surface area contributed by atoms with Crippen LogP contribution < -0.4 is 5.73 Å². The number of carbonyl (C=O) groups excluding carboxylic acids is 1. The van der Waals surface area contributed by atoms with Gasteiger partial charge in [-0.25, -0.2) is 14.2 Å². The lowest BCUT2D eigenvalue weighted by molar-refractivity contribution is 0.0521. The van der Waals surface area contributed by atoms with Gasteiger partial charge in [0.1, 0.15) is 5.82 Å². The smallest absolute Gasteiger partial charge is 0.360 e. The maximum atomic E-state index is 13.3. The van der Waals surface area contributed by atoms with Gasteiger partial charge in [0.05, 0.1) is 6.61 Å². The van der Waals surface area contributed by atoms with E-state index in [4.69, 9.17) is 10.5 Å². The van der Waals surface area contributed by atoms with Crippen molar-refractivity contribution in [2.24, 2.45) is 0 Å². The van der Waals surface area contributed by atoms with Crippen molar-refractivity contribution in [1.82, 2.24) is 9.38 Å². The number of hydrogen-bond acceptors (Lipinski definition) is 4. The number of hydrogen-bond donors (Lipinski definition) is 1. The Bertz CT molecular complexity index is 550. The molecule has 0 radical (unpaired) electrons. The van der Waals surface area contributed by atoms with Gasteiger partial charge >= 0.3 is 5.97 Å². The maximum absolute atomic E-state index is 13.3. The topological polar surface area (TPSA) is 69.6 Å². The Kier molecular flexibility index (Phi) is 2.47. The van der Waals surface area contributed by atoms with Gasteiger partial charge in [0.25, 0.3) is 0 Å². The van der Waals surface area contributed by atoms with Crippen LogP contribution >= 0.6 is 0 Å². The number of imidazole rings is 1. The molecule has 2 rings (SSSR count). The highest BCUT2D eigenvalue weighted by atomic mass is 19.1. The van der Waals surface area contributed by atoms with Crippen molar-refractivity contribution in [2.75, 3.05) is 12.3 Å². The van der Waals surface area contributed by atoms with Gasteiger partial charge in [0, 0.05) is 6.20 Å². The monoisotopic (exact) mass is 223 g/mol. The lowest BCUT2D eigenvalue weighted by Gasteiger charge is -1.98. The number of esters is 1. The van der Waals surface area contributed by atoms with Crippen molar-refractivity contribution in [3.05, 3.63) is 29.8 Å². The van der Waals surface area contributed by atoms with E-state index in [1.807, 2.05) is 0 Å². The first-order valence-corrected chi connectivity index (χ1v) is 4.74. The van der Waals surface area contributed by atoms with Crippen LogP contribution in [0.15, 0.2) is 18.3 Å². The number of nitrogens with two attached hydrogens (primary N) is 1. The number of rotatable bonds is 2. The zero-order valence-corrected chi connectivity index (χ0v) is 8.61. The Labute approximate surface area is 90.6 Å². The summed E-state index contributed by atoms with van der Waals surface area (Å²) in [7, 11) is 0. The van der Waals surface area contributed by atoms with Crippen LogP contribution in [0.1, 0.15) is 17.4 Å². The minimum absolute atomic E-state index is 0.0167. The fraction of sp³-hybridized carbons (Fsp3) is 0.200. The normalized spacial score (nSPS) is 10.6. The summed E-state index contributed by atoms with van der Waals surface area (Å²) in [6.07, 6.45) is 1.53. The van der Waals surface area contributed by atoms with E-state index in [0.29, 0.717) is 0 Å². The molecule has 0 atom stereocenters. The first-order valence-electron chi connectivity index (χ1n) is 4.74. The molecule has 5 nitrogen and oxygen atoms in total. The highest BCUT2D eigenvalue weighted by molar-refractivity contribution is 5.93. The Morgan fingerprint density at radius 1 is 1.69 bits per heavy atom. The molecule has 2 N–H and O–H groups in total. The van der Waals surface area contributed by atoms with Crippen LogP contribution in [0.25, 0.3) is 5.65 Å². The fourth-order valence-corrected chi connectivity index (χ4v) is 1.40. The highest BCUT2D eigenvalue weighted by Crippen LogP contribution is 2.17. The molecule has 2 aromatic rings. The molecule has 16 heavy (non-hydrogen) atoms. The van der Waals surface area contributed by atoms with Crippen LogP contribution in [-0.4, -0.2) is 22.0 Å². The van der Waals surface area contributed by atoms with Crippen LogP contribution in [0.3, 0.4) is 0 Å². The molecule has 0 amide bonds. The molecule has 0 aromatic carbocycles. The summed E-state index contributed by atoms with van der Waals surface area (Å²) >= 11 is 0. The lowest BCUT2D eigenvalue weighted by Crippen LogP contribution is -2.08. The van der Waals surface area contributed by atoms with Gasteiger partial charge in [-0.2, -0.15) is 0 Å². The molecule has 2 heterocycles. The SMILES string of the molecule is CCOC(=O)c1nc2c(F)cccn2c1N. The van der Waals surface area contributed by atoms with Crippen molar-refractivity contribution in [3.8, 4) is 0 Å². The average Bonchev–Trinajstić information content (AvgIpc) is 2.59. The number of aromatic nitrogens is 2. The van der Waals surface area contributed by atoms with E-state index in [-0.39, 0.29) is 23.8 Å². The molecule has 0 aliphatic rings. The van der Waals surface area contributed by atoms with Crippen LogP contribution in [0.4, 0.5) is 10.2 Å². The quantitative estimate of drug-likeness (QED) is 0.777. The third kappa shape index (κ3) is 1.48. The summed E-state index contributed by atoms with van der Waals surface area (Å²) in [5, 5.41) is 0. The number of nitrogens with zero attached hydrogens (tertiary/aromatic N) is 2. The van der Waals surface area contributed by atoms with Crippen LogP contribution in [0.5, 0.6) is 0 Å². The minimum Gasteiger partial charge on any atom is -0.461 e. The van der Waals surface area contributed by atoms with Crippen molar-refractivity contribution >= 4 is 17.4 Å². The molecule has 2 aromatic heterocycles. The summed E-state index contributed by atoms with van der Waals surface area (Å²) in [6.45, 7) is 1.89. The van der Waals surface area contributed by atoms with Gasteiger partial charge in [0.15, 0.2) is 17.2 Å². The van der Waals surface area contributed by atoms with E-state index in [1.54, 1.807) is 6.92 Å². The Balaban J connectivity index is 2.60. The van der Waals surface area contributed by atoms with E-state index in [9.17, 15) is 9.18 Å². The summed E-state index contributed by atoms with van der Waals surface area (Å²) in [5.41, 5.74) is 5.63. The van der Waals surface area contributed by atoms with E-state index in [0.717, 1.165) is 0 Å². The number of ether oxygens (including phenoxy) is 1. The van der Waals surface area contributed by atoms with Gasteiger partial charge in [0.2, 0.25) is 0 Å². The van der Waals surface area contributed by atoms with Crippen LogP contribution in [-0.2, 0) is 4.74 Å². The molecule has 0 saturated heterocycles. The molecule has 0 bridgehead atoms. The summed E-state index contributed by atoms with van der Waals surface area (Å²) in [6, 6.07) is 2.73. The second-order valence-electron chi connectivity index (χ2n) is 3.12. The minimum atomic E-state index is -0.650. The largest absolute Gasteiger partial charge is 0.461 e. The second kappa shape index (κ2) is 3.80. The molecular weight excluding hydrogens is 213 g/mol. The first kappa shape index (κ1) is 10.4. The summed E-state index contributed by atoms with van der Waals surface area (Å²) < 4.78 is 19.4. The second-order valence-corrected chi connectivity index (χ2v) is 3.12. The first-order chi connectivity index (χ1) is 7.65. The Morgan fingerprint density at radius 3 is 3.06 bits per heavy atom. The van der Waals surface area contributed by atoms with E-state index < -0.39 is 11.8 Å². The number of nitrogen functional groups attached to an aromatic ring is 1. The van der Waals surface area contributed by atoms with E-state index in [1.165, 1.54) is 22.7 Å². The zero-order valence-electron chi connectivity index (χ0n) is 8.61. The number of carbonyl (C=O) groups is 1. The molecule has 0 unspecified atom stereocenters. The number of anilines is 1. The fourth-order valence-electron chi connectivity index (χ4n) is 1.40. The third-order valence-corrected chi connectivity index (χ3v) is 2.11. The summed E-state index contributed by atoms with van der Waals surface area (Å²) in [5.74, 6) is -1.11. The standard InChI is InChI=1S/C10H10FN3O2/c1-2-16-10(15)7-8(12)14-5-3-4-6(11)9(14)13-7/h3-5H,2,12H2,1H3. The van der Waals surface area contributed by atoms with Gasteiger partial charge in [-0.1, -0.05) is 0 Å². The number of halogens is 1. The molecule has 6 heteroatoms.